The summed E-state index contributed by atoms with van der Waals surface area (Å²) in [5.41, 5.74) is 1.06. The van der Waals surface area contributed by atoms with Gasteiger partial charge in [-0.3, -0.25) is 0 Å². The van der Waals surface area contributed by atoms with E-state index in [2.05, 4.69) is 14.8 Å². The molecule has 0 bridgehead atoms. The van der Waals surface area contributed by atoms with Crippen molar-refractivity contribution in [2.24, 2.45) is 0 Å². The molecule has 1 N–H and O–H groups in total. The van der Waals surface area contributed by atoms with E-state index in [1.807, 2.05) is 54.6 Å². The highest BCUT2D eigenvalue weighted by molar-refractivity contribution is 7.92. The van der Waals surface area contributed by atoms with Gasteiger partial charge in [0.15, 0.2) is 0 Å². The number of nitrogens with one attached hydrogen (secondary N) is 1. The van der Waals surface area contributed by atoms with E-state index in [1.165, 1.54) is 6.33 Å². The number of rotatable bonds is 5. The van der Waals surface area contributed by atoms with Crippen LogP contribution >= 0.6 is 0 Å². The van der Waals surface area contributed by atoms with Gasteiger partial charge in [-0.25, -0.2) is 17.8 Å². The maximum atomic E-state index is 12.6. The van der Waals surface area contributed by atoms with E-state index in [9.17, 15) is 8.42 Å². The van der Waals surface area contributed by atoms with Gasteiger partial charge in [0.2, 0.25) is 0 Å². The van der Waals surface area contributed by atoms with Gasteiger partial charge in [-0.1, -0.05) is 60.7 Å². The monoisotopic (exact) mass is 364 g/mol. The van der Waals surface area contributed by atoms with Crippen LogP contribution in [0.2, 0.25) is 0 Å². The number of anilines is 1. The van der Waals surface area contributed by atoms with Gasteiger partial charge in [-0.2, -0.15) is 4.98 Å². The summed E-state index contributed by atoms with van der Waals surface area (Å²) in [6.45, 7) is 0.519. The molecule has 0 unspecified atom stereocenters. The summed E-state index contributed by atoms with van der Waals surface area (Å²) in [4.78, 5) is 4.22. The first-order valence-corrected chi connectivity index (χ1v) is 9.53. The first-order valence-electron chi connectivity index (χ1n) is 8.05. The fourth-order valence-corrected chi connectivity index (χ4v) is 3.68. The highest BCUT2D eigenvalue weighted by atomic mass is 32.2. The fraction of sp³-hybridized carbons (Fsp3) is 0.0526. The zero-order chi connectivity index (χ0) is 18.0. The average molecular weight is 364 g/mol. The molecule has 0 aliphatic heterocycles. The molecule has 1 heterocycles. The second-order valence-electron chi connectivity index (χ2n) is 5.87. The number of hydrogen-bond acceptors (Lipinski definition) is 4. The Kier molecular flexibility index (Phi) is 4.14. The van der Waals surface area contributed by atoms with Crippen LogP contribution in [0.4, 0.5) is 5.95 Å². The van der Waals surface area contributed by atoms with E-state index in [0.29, 0.717) is 6.54 Å². The van der Waals surface area contributed by atoms with Gasteiger partial charge in [0.25, 0.3) is 16.0 Å². The van der Waals surface area contributed by atoms with Crippen LogP contribution < -0.4 is 4.72 Å². The minimum absolute atomic E-state index is 0.0501. The molecule has 1 aromatic heterocycles. The molecule has 0 atom stereocenters. The molecule has 0 radical (unpaired) electrons. The van der Waals surface area contributed by atoms with Crippen molar-refractivity contribution in [2.75, 3.05) is 4.72 Å². The van der Waals surface area contributed by atoms with Crippen LogP contribution in [0.3, 0.4) is 0 Å². The number of sulfonamides is 1. The topological polar surface area (TPSA) is 76.9 Å². The molecule has 0 aliphatic rings. The number of fused-ring (bicyclic) bond motifs is 1. The van der Waals surface area contributed by atoms with Crippen molar-refractivity contribution < 1.29 is 8.42 Å². The Hall–Kier alpha value is -3.19. The van der Waals surface area contributed by atoms with E-state index in [1.54, 1.807) is 22.9 Å². The van der Waals surface area contributed by atoms with Crippen LogP contribution in [0.5, 0.6) is 0 Å². The molecule has 7 heteroatoms. The molecule has 0 saturated carbocycles. The highest BCUT2D eigenvalue weighted by Crippen LogP contribution is 2.20. The Balaban J connectivity index is 1.55. The standard InChI is InChI=1S/C19H16N4O2S/c24-26(25,18-11-10-16-8-4-5-9-17(16)12-18)22-19-20-14-23(21-19)13-15-6-2-1-3-7-15/h1-12,14H,13H2,(H,21,22). The van der Waals surface area contributed by atoms with Gasteiger partial charge in [0.1, 0.15) is 6.33 Å². The molecule has 0 saturated heterocycles. The minimum Gasteiger partial charge on any atom is -0.246 e. The molecular weight excluding hydrogens is 348 g/mol. The molecule has 0 fully saturated rings. The number of aromatic nitrogens is 3. The Morgan fingerprint density at radius 1 is 0.885 bits per heavy atom. The van der Waals surface area contributed by atoms with Crippen molar-refractivity contribution in [3.8, 4) is 0 Å². The van der Waals surface area contributed by atoms with E-state index in [0.717, 1.165) is 16.3 Å². The third-order valence-electron chi connectivity index (χ3n) is 3.98. The van der Waals surface area contributed by atoms with Gasteiger partial charge in [0.05, 0.1) is 11.4 Å². The highest BCUT2D eigenvalue weighted by Gasteiger charge is 2.17. The molecule has 6 nitrogen and oxygen atoms in total. The predicted octanol–water partition coefficient (Wildman–Crippen LogP) is 3.28. The molecule has 4 rings (SSSR count). The zero-order valence-electron chi connectivity index (χ0n) is 13.8. The Labute approximate surface area is 151 Å². The lowest BCUT2D eigenvalue weighted by Gasteiger charge is -2.06. The SMILES string of the molecule is O=S(=O)(Nc1ncn(Cc2ccccc2)n1)c1ccc2ccccc2c1. The summed E-state index contributed by atoms with van der Waals surface area (Å²) in [5.74, 6) is 0.0501. The lowest BCUT2D eigenvalue weighted by atomic mass is 10.1. The van der Waals surface area contributed by atoms with Crippen molar-refractivity contribution in [3.05, 3.63) is 84.7 Å². The van der Waals surface area contributed by atoms with Gasteiger partial charge in [-0.05, 0) is 28.5 Å². The van der Waals surface area contributed by atoms with Crippen molar-refractivity contribution in [3.63, 3.8) is 0 Å². The van der Waals surface area contributed by atoms with Gasteiger partial charge in [0, 0.05) is 0 Å². The summed E-state index contributed by atoms with van der Waals surface area (Å²) < 4.78 is 29.3. The first-order chi connectivity index (χ1) is 12.6. The Morgan fingerprint density at radius 2 is 1.62 bits per heavy atom. The Bertz CT molecular complexity index is 1150. The van der Waals surface area contributed by atoms with Crippen molar-refractivity contribution in [1.29, 1.82) is 0 Å². The molecule has 130 valence electrons. The fourth-order valence-electron chi connectivity index (χ4n) is 2.70. The average Bonchev–Trinajstić information content (AvgIpc) is 3.08. The van der Waals surface area contributed by atoms with E-state index in [-0.39, 0.29) is 10.8 Å². The Morgan fingerprint density at radius 3 is 2.42 bits per heavy atom. The van der Waals surface area contributed by atoms with Crippen LogP contribution in [0, 0.1) is 0 Å². The normalized spacial score (nSPS) is 11.5. The molecule has 3 aromatic carbocycles. The first kappa shape index (κ1) is 16.3. The summed E-state index contributed by atoms with van der Waals surface area (Å²) in [6.07, 6.45) is 1.51. The lowest BCUT2D eigenvalue weighted by Crippen LogP contribution is -2.14. The van der Waals surface area contributed by atoms with Gasteiger partial charge in [-0.15, -0.1) is 5.10 Å². The number of nitrogens with zero attached hydrogens (tertiary/aromatic N) is 3. The van der Waals surface area contributed by atoms with Crippen LogP contribution in [0.15, 0.2) is 84.0 Å². The van der Waals surface area contributed by atoms with E-state index in [4.69, 9.17) is 0 Å². The largest absolute Gasteiger partial charge is 0.264 e. The van der Waals surface area contributed by atoms with E-state index < -0.39 is 10.0 Å². The van der Waals surface area contributed by atoms with Crippen molar-refractivity contribution in [1.82, 2.24) is 14.8 Å². The molecular formula is C19H16N4O2S. The van der Waals surface area contributed by atoms with Crippen LogP contribution in [0.25, 0.3) is 10.8 Å². The summed E-state index contributed by atoms with van der Waals surface area (Å²) in [5, 5.41) is 6.04. The van der Waals surface area contributed by atoms with Gasteiger partial charge >= 0.3 is 0 Å². The second-order valence-corrected chi connectivity index (χ2v) is 7.55. The molecule has 0 spiro atoms. The minimum atomic E-state index is -3.75. The molecule has 26 heavy (non-hydrogen) atoms. The van der Waals surface area contributed by atoms with Crippen molar-refractivity contribution in [2.45, 2.75) is 11.4 Å². The lowest BCUT2D eigenvalue weighted by molar-refractivity contribution is 0.600. The number of benzene rings is 3. The van der Waals surface area contributed by atoms with Crippen molar-refractivity contribution >= 4 is 26.7 Å². The third-order valence-corrected chi connectivity index (χ3v) is 5.31. The summed E-state index contributed by atoms with van der Waals surface area (Å²) >= 11 is 0. The summed E-state index contributed by atoms with van der Waals surface area (Å²) in [7, 11) is -3.75. The quantitative estimate of drug-likeness (QED) is 0.590. The third kappa shape index (κ3) is 3.43. The predicted molar refractivity (Wildman–Crippen MR) is 100 cm³/mol. The molecule has 0 amide bonds. The molecule has 4 aromatic rings. The summed E-state index contributed by atoms with van der Waals surface area (Å²) in [6, 6.07) is 22.4. The maximum Gasteiger partial charge on any atom is 0.264 e. The van der Waals surface area contributed by atoms with Crippen LogP contribution in [0.1, 0.15) is 5.56 Å². The second kappa shape index (κ2) is 6.61. The molecule has 0 aliphatic carbocycles. The zero-order valence-corrected chi connectivity index (χ0v) is 14.6. The van der Waals surface area contributed by atoms with Crippen LogP contribution in [-0.2, 0) is 16.6 Å². The van der Waals surface area contributed by atoms with Crippen LogP contribution in [-0.4, -0.2) is 23.2 Å². The van der Waals surface area contributed by atoms with Gasteiger partial charge < -0.3 is 0 Å². The van der Waals surface area contributed by atoms with E-state index >= 15 is 0 Å². The number of hydrogen-bond donors (Lipinski definition) is 1. The smallest absolute Gasteiger partial charge is 0.246 e. The maximum absolute atomic E-state index is 12.6.